The van der Waals surface area contributed by atoms with Crippen molar-refractivity contribution in [2.24, 2.45) is 0 Å². The Morgan fingerprint density at radius 1 is 0.893 bits per heavy atom. The van der Waals surface area contributed by atoms with E-state index in [0.717, 1.165) is 27.6 Å². The molecule has 0 spiro atoms. The third-order valence-corrected chi connectivity index (χ3v) is 4.92. The number of nitrogens with zero attached hydrogens (tertiary/aromatic N) is 2. The minimum absolute atomic E-state index is 0.521. The predicted molar refractivity (Wildman–Crippen MR) is 109 cm³/mol. The van der Waals surface area contributed by atoms with Crippen LogP contribution in [-0.4, -0.2) is 16.7 Å². The van der Waals surface area contributed by atoms with Crippen LogP contribution in [0.25, 0.3) is 38.8 Å². The number of methoxy groups -OCH3 is 1. The van der Waals surface area contributed by atoms with Crippen molar-refractivity contribution in [3.63, 3.8) is 0 Å². The van der Waals surface area contributed by atoms with Crippen LogP contribution >= 0.6 is 0 Å². The number of hydrogen-bond donors (Lipinski definition) is 0. The van der Waals surface area contributed by atoms with E-state index in [-0.39, 0.29) is 0 Å². The van der Waals surface area contributed by atoms with Gasteiger partial charge in [-0.1, -0.05) is 65.8 Å². The average molecular weight is 368 g/mol. The average Bonchev–Trinajstić information content (AvgIpc) is 3.11. The van der Waals surface area contributed by atoms with Crippen LogP contribution < -0.4 is 10.5 Å². The summed E-state index contributed by atoms with van der Waals surface area (Å²) in [5, 5.41) is 5.14. The van der Waals surface area contributed by atoms with Crippen LogP contribution in [-0.2, 0) is 0 Å². The van der Waals surface area contributed by atoms with Crippen molar-refractivity contribution in [3.8, 4) is 28.1 Å². The van der Waals surface area contributed by atoms with Crippen LogP contribution in [0.2, 0.25) is 0 Å². The van der Waals surface area contributed by atoms with Gasteiger partial charge >= 0.3 is 5.76 Å². The Morgan fingerprint density at radius 3 is 2.43 bits per heavy atom. The molecule has 2 heterocycles. The molecule has 0 amide bonds. The second kappa shape index (κ2) is 6.39. The summed E-state index contributed by atoms with van der Waals surface area (Å²) in [4.78, 5) is 12.7. The second-order valence-corrected chi connectivity index (χ2v) is 6.44. The van der Waals surface area contributed by atoms with Crippen molar-refractivity contribution in [1.82, 2.24) is 9.56 Å². The van der Waals surface area contributed by atoms with Crippen molar-refractivity contribution < 1.29 is 9.26 Å². The molecule has 0 saturated carbocycles. The Labute approximate surface area is 160 Å². The molecule has 0 aliphatic heterocycles. The molecule has 5 aromatic rings. The van der Waals surface area contributed by atoms with Gasteiger partial charge in [-0.05, 0) is 23.8 Å². The Bertz CT molecular complexity index is 1370. The van der Waals surface area contributed by atoms with Crippen molar-refractivity contribution >= 4 is 16.4 Å². The Balaban J connectivity index is 2.03. The Kier molecular flexibility index (Phi) is 3.72. The fourth-order valence-electron chi connectivity index (χ4n) is 3.74. The summed E-state index contributed by atoms with van der Waals surface area (Å²) < 4.78 is 12.3. The molecule has 0 fully saturated rings. The monoisotopic (exact) mass is 368 g/mol. The zero-order chi connectivity index (χ0) is 19.1. The fraction of sp³-hybridized carbons (Fsp3) is 0.0435. The number of para-hydroxylation sites is 2. The maximum Gasteiger partial charge on any atom is 0.445 e. The van der Waals surface area contributed by atoms with Gasteiger partial charge in [-0.2, -0.15) is 0 Å². The summed E-state index contributed by atoms with van der Waals surface area (Å²) >= 11 is 0. The lowest BCUT2D eigenvalue weighted by Gasteiger charge is -2.09. The lowest BCUT2D eigenvalue weighted by atomic mass is 10.0. The summed E-state index contributed by atoms with van der Waals surface area (Å²) in [5.41, 5.74) is 4.75. The van der Waals surface area contributed by atoms with Gasteiger partial charge in [0.1, 0.15) is 11.4 Å². The van der Waals surface area contributed by atoms with E-state index in [1.165, 1.54) is 0 Å². The molecule has 5 rings (SSSR count). The van der Waals surface area contributed by atoms with Gasteiger partial charge in [0.2, 0.25) is 0 Å². The highest BCUT2D eigenvalue weighted by Crippen LogP contribution is 2.40. The zero-order valence-corrected chi connectivity index (χ0v) is 15.1. The highest BCUT2D eigenvalue weighted by molar-refractivity contribution is 6.09. The van der Waals surface area contributed by atoms with E-state index in [1.54, 1.807) is 11.5 Å². The minimum atomic E-state index is -0.521. The fourth-order valence-corrected chi connectivity index (χ4v) is 3.74. The van der Waals surface area contributed by atoms with Crippen molar-refractivity contribution in [3.05, 3.63) is 89.4 Å². The Morgan fingerprint density at radius 2 is 1.61 bits per heavy atom. The van der Waals surface area contributed by atoms with Crippen LogP contribution in [0, 0.1) is 0 Å². The van der Waals surface area contributed by atoms with E-state index in [0.29, 0.717) is 17.0 Å². The normalized spacial score (nSPS) is 11.2. The molecule has 5 nitrogen and oxygen atoms in total. The van der Waals surface area contributed by atoms with Gasteiger partial charge in [0.25, 0.3) is 0 Å². The van der Waals surface area contributed by atoms with Gasteiger partial charge in [-0.25, -0.2) is 9.20 Å². The first-order valence-corrected chi connectivity index (χ1v) is 8.91. The van der Waals surface area contributed by atoms with Gasteiger partial charge in [0.05, 0.1) is 18.1 Å². The number of hydrogen-bond acceptors (Lipinski definition) is 4. The largest absolute Gasteiger partial charge is 0.496 e. The summed E-state index contributed by atoms with van der Waals surface area (Å²) in [6, 6.07) is 25.4. The van der Waals surface area contributed by atoms with Gasteiger partial charge in [0, 0.05) is 16.5 Å². The zero-order valence-electron chi connectivity index (χ0n) is 15.1. The molecule has 0 saturated heterocycles. The summed E-state index contributed by atoms with van der Waals surface area (Å²) in [5.74, 6) is 0.141. The van der Waals surface area contributed by atoms with E-state index >= 15 is 0 Å². The molecule has 2 aromatic heterocycles. The first-order chi connectivity index (χ1) is 13.8. The van der Waals surface area contributed by atoms with Crippen LogP contribution in [0.4, 0.5) is 0 Å². The molecule has 5 heteroatoms. The predicted octanol–water partition coefficient (Wildman–Crippen LogP) is 4.78. The number of aromatic nitrogens is 2. The SMILES string of the molecule is COc1ccccc1-c1noc(=O)n2c1c(-c1ccccc1)c1ccccc12. The second-order valence-electron chi connectivity index (χ2n) is 6.44. The number of rotatable bonds is 3. The first kappa shape index (κ1) is 16.3. The maximum absolute atomic E-state index is 12.7. The van der Waals surface area contributed by atoms with Crippen LogP contribution in [0.1, 0.15) is 0 Å². The molecule has 0 aliphatic rings. The number of benzene rings is 3. The molecule has 0 N–H and O–H groups in total. The van der Waals surface area contributed by atoms with E-state index in [9.17, 15) is 4.79 Å². The maximum atomic E-state index is 12.7. The molecule has 0 atom stereocenters. The van der Waals surface area contributed by atoms with E-state index < -0.39 is 5.76 Å². The number of ether oxygens (including phenoxy) is 1. The van der Waals surface area contributed by atoms with Crippen LogP contribution in [0.5, 0.6) is 5.75 Å². The van der Waals surface area contributed by atoms with Crippen molar-refractivity contribution in [2.45, 2.75) is 0 Å². The summed E-state index contributed by atoms with van der Waals surface area (Å²) in [7, 11) is 1.61. The third-order valence-electron chi connectivity index (χ3n) is 4.92. The minimum Gasteiger partial charge on any atom is -0.496 e. The van der Waals surface area contributed by atoms with Gasteiger partial charge < -0.3 is 4.74 Å². The lowest BCUT2D eigenvalue weighted by Crippen LogP contribution is -2.13. The smallest absolute Gasteiger partial charge is 0.445 e. The Hall–Kier alpha value is -3.86. The number of fused-ring (bicyclic) bond motifs is 3. The van der Waals surface area contributed by atoms with Crippen LogP contribution in [0.3, 0.4) is 0 Å². The molecule has 0 radical (unpaired) electrons. The van der Waals surface area contributed by atoms with Crippen LogP contribution in [0.15, 0.2) is 88.2 Å². The highest BCUT2D eigenvalue weighted by atomic mass is 16.5. The van der Waals surface area contributed by atoms with E-state index in [2.05, 4.69) is 5.16 Å². The first-order valence-electron chi connectivity index (χ1n) is 8.91. The summed E-state index contributed by atoms with van der Waals surface area (Å²) in [6.07, 6.45) is 0. The third kappa shape index (κ3) is 2.33. The topological polar surface area (TPSA) is 56.7 Å². The van der Waals surface area contributed by atoms with Crippen molar-refractivity contribution in [2.75, 3.05) is 7.11 Å². The standard InChI is InChI=1S/C23H16N2O3/c1-27-19-14-8-6-12-17(19)21-22-20(15-9-3-2-4-10-15)16-11-5-7-13-18(16)25(22)23(26)28-24-21/h2-14H,1H3. The molecule has 28 heavy (non-hydrogen) atoms. The molecular formula is C23H16N2O3. The van der Waals surface area contributed by atoms with Gasteiger partial charge in [0.15, 0.2) is 0 Å². The quantitative estimate of drug-likeness (QED) is 0.460. The lowest BCUT2D eigenvalue weighted by molar-refractivity contribution is 0.351. The summed E-state index contributed by atoms with van der Waals surface area (Å²) in [6.45, 7) is 0. The van der Waals surface area contributed by atoms with Gasteiger partial charge in [-0.15, -0.1) is 0 Å². The molecule has 3 aromatic carbocycles. The molecule has 0 unspecified atom stereocenters. The van der Waals surface area contributed by atoms with Gasteiger partial charge in [-0.3, -0.25) is 4.52 Å². The molecular weight excluding hydrogens is 352 g/mol. The highest BCUT2D eigenvalue weighted by Gasteiger charge is 2.22. The van der Waals surface area contributed by atoms with E-state index in [1.807, 2.05) is 78.9 Å². The van der Waals surface area contributed by atoms with Crippen molar-refractivity contribution in [1.29, 1.82) is 0 Å². The molecule has 136 valence electrons. The molecule has 0 bridgehead atoms. The molecule has 0 aliphatic carbocycles. The van der Waals surface area contributed by atoms with E-state index in [4.69, 9.17) is 9.26 Å².